The van der Waals surface area contributed by atoms with Crippen molar-refractivity contribution < 1.29 is 49.7 Å². The smallest absolute Gasteiger partial charge is 0.335 e. The highest BCUT2D eigenvalue weighted by Crippen LogP contribution is 2.19. The molecule has 2 saturated heterocycles. The molecule has 2 fully saturated rings. The van der Waals surface area contributed by atoms with Crippen molar-refractivity contribution in [3.8, 4) is 5.75 Å². The second-order valence-electron chi connectivity index (χ2n) is 8.04. The third-order valence-corrected chi connectivity index (χ3v) is 5.37. The van der Waals surface area contributed by atoms with Crippen LogP contribution in [0.1, 0.15) is 24.8 Å². The summed E-state index contributed by atoms with van der Waals surface area (Å²) in [5.74, 6) is -2.16. The standard InChI is InChI=1S/C16H22N2O2.C6H10O8/c1(13-3-6-17-10-13)2-14-9-16(12-18-11-14)20-15-4-7-19-8-5-15;7-1(3(9)5(11)12)2(8)4(10)6(13)14/h1-2,9,11-13,15,17H,3-8,10H2;1-4,7-10H,(H,11,12)(H,13,14)/b2-1+;/t13-;1-,2+,3+,4-/m0./s1. The molecule has 0 spiro atoms. The molecule has 0 saturated carbocycles. The van der Waals surface area contributed by atoms with Crippen molar-refractivity contribution in [3.63, 3.8) is 0 Å². The summed E-state index contributed by atoms with van der Waals surface area (Å²) in [5.41, 5.74) is 1.11. The summed E-state index contributed by atoms with van der Waals surface area (Å²) in [5, 5.41) is 54.8. The van der Waals surface area contributed by atoms with E-state index in [4.69, 9.17) is 40.1 Å². The minimum atomic E-state index is -2.36. The number of aliphatic hydroxyl groups excluding tert-OH is 4. The first-order valence-electron chi connectivity index (χ1n) is 10.9. The molecule has 190 valence electrons. The number of carboxylic acid groups (broad SMARTS) is 2. The van der Waals surface area contributed by atoms with Gasteiger partial charge in [0.05, 0.1) is 19.4 Å². The molecule has 0 aromatic carbocycles. The zero-order valence-electron chi connectivity index (χ0n) is 18.6. The Morgan fingerprint density at radius 2 is 1.65 bits per heavy atom. The average molecular weight is 485 g/mol. The van der Waals surface area contributed by atoms with E-state index in [9.17, 15) is 9.59 Å². The van der Waals surface area contributed by atoms with Gasteiger partial charge in [0.2, 0.25) is 0 Å². The molecule has 2 aliphatic heterocycles. The van der Waals surface area contributed by atoms with E-state index in [0.717, 1.165) is 50.5 Å². The Labute approximate surface area is 196 Å². The van der Waals surface area contributed by atoms with Crippen molar-refractivity contribution in [2.45, 2.75) is 49.8 Å². The molecule has 0 amide bonds. The second-order valence-corrected chi connectivity index (χ2v) is 8.04. The highest BCUT2D eigenvalue weighted by atomic mass is 16.5. The minimum Gasteiger partial charge on any atom is -0.489 e. The van der Waals surface area contributed by atoms with Crippen molar-refractivity contribution in [3.05, 3.63) is 30.1 Å². The van der Waals surface area contributed by atoms with E-state index in [2.05, 4.69) is 28.5 Å². The summed E-state index contributed by atoms with van der Waals surface area (Å²) in [6.07, 6.45) is 2.25. The number of ether oxygens (including phenoxy) is 2. The number of nitrogens with one attached hydrogen (secondary N) is 1. The summed E-state index contributed by atoms with van der Waals surface area (Å²) < 4.78 is 11.3. The van der Waals surface area contributed by atoms with Gasteiger partial charge >= 0.3 is 11.9 Å². The molecule has 5 atom stereocenters. The zero-order chi connectivity index (χ0) is 25.1. The van der Waals surface area contributed by atoms with Gasteiger partial charge in [0.1, 0.15) is 24.1 Å². The lowest BCUT2D eigenvalue weighted by molar-refractivity contribution is -0.172. The normalized spacial score (nSPS) is 22.3. The molecule has 12 heteroatoms. The Morgan fingerprint density at radius 3 is 2.18 bits per heavy atom. The largest absolute Gasteiger partial charge is 0.489 e. The van der Waals surface area contributed by atoms with E-state index < -0.39 is 36.4 Å². The van der Waals surface area contributed by atoms with Gasteiger partial charge in [-0.05, 0) is 30.5 Å². The molecular formula is C22H32N2O10. The molecule has 1 aromatic rings. The fraction of sp³-hybridized carbons (Fsp3) is 0.591. The third-order valence-electron chi connectivity index (χ3n) is 5.37. The Morgan fingerprint density at radius 1 is 1.03 bits per heavy atom. The molecule has 0 bridgehead atoms. The van der Waals surface area contributed by atoms with Gasteiger partial charge in [-0.15, -0.1) is 0 Å². The van der Waals surface area contributed by atoms with Gasteiger partial charge in [-0.25, -0.2) is 9.59 Å². The number of pyridine rings is 1. The van der Waals surface area contributed by atoms with Gasteiger partial charge in [-0.3, -0.25) is 4.98 Å². The lowest BCUT2D eigenvalue weighted by atomic mass is 10.0. The van der Waals surface area contributed by atoms with Crippen molar-refractivity contribution in [1.82, 2.24) is 10.3 Å². The molecule has 12 nitrogen and oxygen atoms in total. The van der Waals surface area contributed by atoms with E-state index >= 15 is 0 Å². The maximum Gasteiger partial charge on any atom is 0.335 e. The van der Waals surface area contributed by atoms with Crippen molar-refractivity contribution >= 4 is 18.0 Å². The second kappa shape index (κ2) is 13.9. The van der Waals surface area contributed by atoms with Crippen LogP contribution in [0.5, 0.6) is 5.75 Å². The lowest BCUT2D eigenvalue weighted by Gasteiger charge is -2.23. The monoisotopic (exact) mass is 484 g/mol. The predicted molar refractivity (Wildman–Crippen MR) is 118 cm³/mol. The summed E-state index contributed by atoms with van der Waals surface area (Å²) in [6, 6.07) is 2.07. The van der Waals surface area contributed by atoms with Crippen LogP contribution in [-0.4, -0.2) is 104 Å². The number of hydrogen-bond donors (Lipinski definition) is 7. The van der Waals surface area contributed by atoms with E-state index in [1.165, 1.54) is 6.42 Å². The van der Waals surface area contributed by atoms with Gasteiger partial charge in [0.15, 0.2) is 12.2 Å². The van der Waals surface area contributed by atoms with Crippen LogP contribution in [0.4, 0.5) is 0 Å². The van der Waals surface area contributed by atoms with E-state index in [1.54, 1.807) is 6.20 Å². The minimum absolute atomic E-state index is 0.267. The topological polar surface area (TPSA) is 199 Å². The first-order chi connectivity index (χ1) is 16.2. The first-order valence-corrected chi connectivity index (χ1v) is 10.9. The Kier molecular flexibility index (Phi) is 11.3. The fourth-order valence-corrected chi connectivity index (χ4v) is 3.33. The Bertz CT molecular complexity index is 785. The maximum atomic E-state index is 10.1. The van der Waals surface area contributed by atoms with E-state index in [1.807, 2.05) is 6.20 Å². The summed E-state index contributed by atoms with van der Waals surface area (Å²) >= 11 is 0. The van der Waals surface area contributed by atoms with Crippen LogP contribution in [-0.2, 0) is 14.3 Å². The maximum absolute atomic E-state index is 10.1. The molecule has 3 heterocycles. The van der Waals surface area contributed by atoms with Crippen LogP contribution in [0, 0.1) is 5.92 Å². The van der Waals surface area contributed by atoms with E-state index in [0.29, 0.717) is 5.92 Å². The highest BCUT2D eigenvalue weighted by Gasteiger charge is 2.37. The first kappa shape index (κ1) is 27.6. The Hall–Kier alpha value is -2.61. The van der Waals surface area contributed by atoms with Gasteiger partial charge < -0.3 is 45.4 Å². The molecular weight excluding hydrogens is 452 g/mol. The van der Waals surface area contributed by atoms with Crippen LogP contribution in [0.15, 0.2) is 24.5 Å². The van der Waals surface area contributed by atoms with Crippen molar-refractivity contribution in [2.75, 3.05) is 26.3 Å². The summed E-state index contributed by atoms with van der Waals surface area (Å²) in [7, 11) is 0. The summed E-state index contributed by atoms with van der Waals surface area (Å²) in [4.78, 5) is 24.4. The molecule has 2 aliphatic rings. The molecule has 0 radical (unpaired) electrons. The van der Waals surface area contributed by atoms with Crippen LogP contribution in [0.3, 0.4) is 0 Å². The average Bonchev–Trinajstić information content (AvgIpc) is 3.36. The number of hydrogen-bond acceptors (Lipinski definition) is 10. The number of carboxylic acids is 2. The number of aliphatic hydroxyl groups is 4. The SMILES string of the molecule is C(=C\[C@H]1CCNC1)/c1cncc(OC2CCOCC2)c1.O=C(O)[C@@H](O)[C@H](O)[C@H](O)[C@@H](O)C(=O)O. The number of rotatable bonds is 9. The van der Waals surface area contributed by atoms with Crippen LogP contribution < -0.4 is 10.1 Å². The van der Waals surface area contributed by atoms with Crippen molar-refractivity contribution in [2.24, 2.45) is 5.92 Å². The van der Waals surface area contributed by atoms with Gasteiger partial charge in [-0.2, -0.15) is 0 Å². The fourth-order valence-electron chi connectivity index (χ4n) is 3.33. The molecule has 7 N–H and O–H groups in total. The van der Waals surface area contributed by atoms with Gasteiger partial charge in [-0.1, -0.05) is 12.2 Å². The van der Waals surface area contributed by atoms with Crippen LogP contribution in [0.2, 0.25) is 0 Å². The number of nitrogens with zero attached hydrogens (tertiary/aromatic N) is 1. The highest BCUT2D eigenvalue weighted by molar-refractivity contribution is 5.75. The zero-order valence-corrected chi connectivity index (χ0v) is 18.6. The van der Waals surface area contributed by atoms with Gasteiger partial charge in [0.25, 0.3) is 0 Å². The molecule has 34 heavy (non-hydrogen) atoms. The summed E-state index contributed by atoms with van der Waals surface area (Å²) in [6.45, 7) is 3.81. The number of aromatic nitrogens is 1. The third kappa shape index (κ3) is 8.97. The molecule has 0 unspecified atom stereocenters. The Balaban J connectivity index is 0.000000259. The molecule has 3 rings (SSSR count). The van der Waals surface area contributed by atoms with Crippen molar-refractivity contribution in [1.29, 1.82) is 0 Å². The predicted octanol–water partition coefficient (Wildman–Crippen LogP) is -1.14. The van der Waals surface area contributed by atoms with Crippen LogP contribution >= 0.6 is 0 Å². The lowest BCUT2D eigenvalue weighted by Crippen LogP contribution is -2.49. The number of aliphatic carboxylic acids is 2. The molecule has 1 aromatic heterocycles. The quantitative estimate of drug-likeness (QED) is 0.223. The van der Waals surface area contributed by atoms with Gasteiger partial charge in [0, 0.05) is 25.6 Å². The molecule has 0 aliphatic carbocycles. The van der Waals surface area contributed by atoms with E-state index in [-0.39, 0.29) is 6.10 Å². The number of carbonyl (C=O) groups is 2. The van der Waals surface area contributed by atoms with Crippen LogP contribution in [0.25, 0.3) is 6.08 Å².